The summed E-state index contributed by atoms with van der Waals surface area (Å²) in [6.45, 7) is 5.26. The summed E-state index contributed by atoms with van der Waals surface area (Å²) in [7, 11) is 0. The van der Waals surface area contributed by atoms with E-state index in [1.54, 1.807) is 16.4 Å². The predicted molar refractivity (Wildman–Crippen MR) is 102 cm³/mol. The van der Waals surface area contributed by atoms with Crippen LogP contribution in [-0.2, 0) is 4.74 Å². The van der Waals surface area contributed by atoms with Crippen molar-refractivity contribution in [3.05, 3.63) is 39.7 Å². The third-order valence-electron chi connectivity index (χ3n) is 5.30. The lowest BCUT2D eigenvalue weighted by Crippen LogP contribution is -2.49. The Balaban J connectivity index is 1.95. The molecule has 1 aliphatic heterocycles. The average Bonchev–Trinajstić information content (AvgIpc) is 3.48. The van der Waals surface area contributed by atoms with Gasteiger partial charge in [-0.15, -0.1) is 0 Å². The molecule has 0 bridgehead atoms. The van der Waals surface area contributed by atoms with Crippen molar-refractivity contribution < 1.29 is 18.3 Å². The highest BCUT2D eigenvalue weighted by Crippen LogP contribution is 2.39. The van der Waals surface area contributed by atoms with Crippen molar-refractivity contribution in [2.24, 2.45) is 0 Å². The molecule has 1 aromatic carbocycles. The molecule has 0 radical (unpaired) electrons. The highest BCUT2D eigenvalue weighted by atomic mass is 19.1. The molecular formula is C20H23F2N3O3. The fourth-order valence-electron chi connectivity index (χ4n) is 3.85. The van der Waals surface area contributed by atoms with E-state index in [1.165, 1.54) is 6.20 Å². The number of nitrogens with zero attached hydrogens (tertiary/aromatic N) is 2. The van der Waals surface area contributed by atoms with E-state index in [9.17, 15) is 14.0 Å². The Hall–Kier alpha value is -2.48. The Morgan fingerprint density at radius 3 is 2.75 bits per heavy atom. The molecule has 150 valence electrons. The van der Waals surface area contributed by atoms with Gasteiger partial charge >= 0.3 is 5.97 Å². The van der Waals surface area contributed by atoms with E-state index >= 15 is 4.39 Å². The predicted octanol–water partition coefficient (Wildman–Crippen LogP) is 2.59. The number of anilines is 1. The van der Waals surface area contributed by atoms with Gasteiger partial charge < -0.3 is 19.5 Å². The summed E-state index contributed by atoms with van der Waals surface area (Å²) >= 11 is 0. The molecule has 28 heavy (non-hydrogen) atoms. The van der Waals surface area contributed by atoms with Gasteiger partial charge in [0.25, 0.3) is 0 Å². The van der Waals surface area contributed by atoms with Crippen molar-refractivity contribution in [3.63, 3.8) is 0 Å². The van der Waals surface area contributed by atoms with E-state index in [0.29, 0.717) is 19.6 Å². The third kappa shape index (κ3) is 3.15. The standard InChI is InChI=1S/C20H23F2N3O3/c1-3-28-20(27)14-10-25(12-4-5-12)17-13(19(14)26)8-15(21)18(16(17)22)24-7-6-23-11(2)9-24/h8,10-12,23H,3-7,9H2,1-2H3/t11-/m1/s1. The number of halogens is 2. The lowest BCUT2D eigenvalue weighted by molar-refractivity contribution is 0.0524. The maximum Gasteiger partial charge on any atom is 0.343 e. The van der Waals surface area contributed by atoms with Crippen molar-refractivity contribution in [2.45, 2.75) is 38.8 Å². The lowest BCUT2D eigenvalue weighted by atomic mass is 10.1. The van der Waals surface area contributed by atoms with Crippen LogP contribution in [-0.4, -0.2) is 42.8 Å². The smallest absolute Gasteiger partial charge is 0.343 e. The van der Waals surface area contributed by atoms with Crippen LogP contribution in [0.1, 0.15) is 43.1 Å². The van der Waals surface area contributed by atoms with Crippen LogP contribution < -0.4 is 15.6 Å². The first-order valence-electron chi connectivity index (χ1n) is 9.64. The van der Waals surface area contributed by atoms with Gasteiger partial charge in [-0.25, -0.2) is 13.6 Å². The Kier molecular flexibility index (Phi) is 4.82. The van der Waals surface area contributed by atoms with E-state index in [0.717, 1.165) is 18.9 Å². The number of benzene rings is 1. The molecular weight excluding hydrogens is 368 g/mol. The summed E-state index contributed by atoms with van der Waals surface area (Å²) in [5.74, 6) is -2.31. The Labute approximate surface area is 161 Å². The van der Waals surface area contributed by atoms with E-state index in [2.05, 4.69) is 5.32 Å². The number of aromatic nitrogens is 1. The molecule has 2 heterocycles. The summed E-state index contributed by atoms with van der Waals surface area (Å²) in [5, 5.41) is 3.12. The number of rotatable bonds is 4. The van der Waals surface area contributed by atoms with Gasteiger partial charge in [-0.1, -0.05) is 0 Å². The van der Waals surface area contributed by atoms with E-state index < -0.39 is 23.0 Å². The molecule has 6 nitrogen and oxygen atoms in total. The first kappa shape index (κ1) is 18.9. The van der Waals surface area contributed by atoms with Crippen molar-refractivity contribution in [1.82, 2.24) is 9.88 Å². The van der Waals surface area contributed by atoms with Gasteiger partial charge in [-0.2, -0.15) is 0 Å². The number of ether oxygens (including phenoxy) is 1. The van der Waals surface area contributed by atoms with Gasteiger partial charge in [0.05, 0.1) is 17.5 Å². The average molecular weight is 391 g/mol. The van der Waals surface area contributed by atoms with Crippen LogP contribution in [0.25, 0.3) is 10.9 Å². The molecule has 0 unspecified atom stereocenters. The van der Waals surface area contributed by atoms with Crippen molar-refractivity contribution >= 4 is 22.6 Å². The van der Waals surface area contributed by atoms with Gasteiger partial charge in [-0.3, -0.25) is 4.79 Å². The summed E-state index contributed by atoms with van der Waals surface area (Å²) < 4.78 is 37.1. The van der Waals surface area contributed by atoms with E-state index in [-0.39, 0.29) is 40.8 Å². The molecule has 2 aromatic rings. The van der Waals surface area contributed by atoms with Gasteiger partial charge in [0, 0.05) is 37.9 Å². The molecule has 1 saturated carbocycles. The molecule has 2 fully saturated rings. The van der Waals surface area contributed by atoms with Gasteiger partial charge in [0.15, 0.2) is 5.82 Å². The highest BCUT2D eigenvalue weighted by Gasteiger charge is 2.32. The zero-order chi connectivity index (χ0) is 20.0. The van der Waals surface area contributed by atoms with Crippen LogP contribution in [0.3, 0.4) is 0 Å². The summed E-state index contributed by atoms with van der Waals surface area (Å²) in [5.41, 5.74) is -0.950. The van der Waals surface area contributed by atoms with Gasteiger partial charge in [0.2, 0.25) is 5.43 Å². The molecule has 4 rings (SSSR count). The van der Waals surface area contributed by atoms with Gasteiger partial charge in [-0.05, 0) is 32.8 Å². The first-order valence-corrected chi connectivity index (χ1v) is 9.64. The zero-order valence-electron chi connectivity index (χ0n) is 15.9. The maximum absolute atomic E-state index is 15.6. The molecule has 2 aliphatic rings. The molecule has 1 N–H and O–H groups in total. The van der Waals surface area contributed by atoms with Crippen molar-refractivity contribution in [2.75, 3.05) is 31.1 Å². The molecule has 0 amide bonds. The zero-order valence-corrected chi connectivity index (χ0v) is 15.9. The minimum Gasteiger partial charge on any atom is -0.462 e. The van der Waals surface area contributed by atoms with Crippen LogP contribution in [0.4, 0.5) is 14.5 Å². The Morgan fingerprint density at radius 2 is 2.11 bits per heavy atom. The second kappa shape index (κ2) is 7.16. The molecule has 1 atom stereocenters. The van der Waals surface area contributed by atoms with Crippen LogP contribution >= 0.6 is 0 Å². The fourth-order valence-corrected chi connectivity index (χ4v) is 3.85. The van der Waals surface area contributed by atoms with Crippen LogP contribution in [0, 0.1) is 11.6 Å². The number of carbonyl (C=O) groups excluding carboxylic acids is 1. The number of fused-ring (bicyclic) bond motifs is 1. The van der Waals surface area contributed by atoms with Gasteiger partial charge in [0.1, 0.15) is 17.1 Å². The molecule has 1 aromatic heterocycles. The van der Waals surface area contributed by atoms with Crippen LogP contribution in [0.15, 0.2) is 17.1 Å². The lowest BCUT2D eigenvalue weighted by Gasteiger charge is -2.34. The second-order valence-electron chi connectivity index (χ2n) is 7.45. The second-order valence-corrected chi connectivity index (χ2v) is 7.45. The summed E-state index contributed by atoms with van der Waals surface area (Å²) in [6, 6.07) is 1.15. The first-order chi connectivity index (χ1) is 13.4. The monoisotopic (exact) mass is 391 g/mol. The number of hydrogen-bond acceptors (Lipinski definition) is 5. The summed E-state index contributed by atoms with van der Waals surface area (Å²) in [4.78, 5) is 26.7. The van der Waals surface area contributed by atoms with Crippen molar-refractivity contribution in [1.29, 1.82) is 0 Å². The normalized spacial score (nSPS) is 19.9. The van der Waals surface area contributed by atoms with E-state index in [1.807, 2.05) is 6.92 Å². The third-order valence-corrected chi connectivity index (χ3v) is 5.30. The van der Waals surface area contributed by atoms with E-state index in [4.69, 9.17) is 4.74 Å². The number of piperazine rings is 1. The quantitative estimate of drug-likeness (QED) is 0.812. The summed E-state index contributed by atoms with van der Waals surface area (Å²) in [6.07, 6.45) is 3.00. The number of hydrogen-bond donors (Lipinski definition) is 1. The number of nitrogens with one attached hydrogen (secondary N) is 1. The van der Waals surface area contributed by atoms with Crippen LogP contribution in [0.2, 0.25) is 0 Å². The molecule has 8 heteroatoms. The molecule has 1 aliphatic carbocycles. The fraction of sp³-hybridized carbons (Fsp3) is 0.500. The minimum absolute atomic E-state index is 0.00830. The molecule has 0 spiro atoms. The highest BCUT2D eigenvalue weighted by molar-refractivity contribution is 5.95. The Morgan fingerprint density at radius 1 is 1.36 bits per heavy atom. The number of esters is 1. The number of pyridine rings is 1. The minimum atomic E-state index is -0.792. The van der Waals surface area contributed by atoms with Crippen molar-refractivity contribution in [3.8, 4) is 0 Å². The Bertz CT molecular complexity index is 1000. The topological polar surface area (TPSA) is 63.6 Å². The molecule has 1 saturated heterocycles. The van der Waals surface area contributed by atoms with Crippen LogP contribution in [0.5, 0.6) is 0 Å². The SMILES string of the molecule is CCOC(=O)c1cn(C2CC2)c2c(F)c(N3CCN[C@H](C)C3)c(F)cc2c1=O. The largest absolute Gasteiger partial charge is 0.462 e. The maximum atomic E-state index is 15.6. The number of carbonyl (C=O) groups is 1.